The maximum Gasteiger partial charge on any atom is 0.320 e. The SMILES string of the molecule is CN1CCN(CC(=O)O)Cc2cc(CC(=O)c3cc(C(=O)Cc4cc5nc(c4)CN(CC(=O)O)CCN(C)CCN(CC(=O)O)C5)cc(C(=O)Nc4cc5nc(c4)CN(CC(=O)O)CCN(C)CCN(CC(=O)O)C5)c3)cc(n2)CN(CC(=O)O)CC1.CN1CCN(CC(=O)OC(C)(C)C)Cc2cc(N)cc(n2)CN(CC(=O)OC(C)(C)C)CC1.O=C(Cl)c1cc(C(=O)Cl)cc(C(=O)Cl)c1.[Mn].[Mn].[Mn]. The number of fused-ring (bicyclic) bond motifs is 8. The number of hydrogen-bond acceptors (Lipinski definition) is 33. The number of nitrogens with two attached hydrogens (primary N) is 1. The molecule has 8 heterocycles. The number of carboxylic acids is 6. The van der Waals surface area contributed by atoms with Crippen LogP contribution in [-0.2, 0) is 164 Å². The number of halogens is 3. The molecule has 9 N–H and O–H groups in total. The minimum atomic E-state index is -1.07. The largest absolute Gasteiger partial charge is 0.480 e. The van der Waals surface area contributed by atoms with Crippen LogP contribution in [-0.4, -0.2) is 387 Å². The number of carbonyl (C=O) groups is 14. The Labute approximate surface area is 847 Å². The van der Waals surface area contributed by atoms with Gasteiger partial charge < -0.3 is 70.8 Å². The van der Waals surface area contributed by atoms with Crippen LogP contribution in [0.25, 0.3) is 0 Å². The second kappa shape index (κ2) is 56.7. The minimum Gasteiger partial charge on any atom is -0.480 e. The molecular weight excluding hydrogens is 1980 g/mol. The number of likely N-dealkylation sites (N-methyl/N-ethyl adjacent to an activating group) is 4. The summed E-state index contributed by atoms with van der Waals surface area (Å²) in [6, 6.07) is 21.1. The Balaban J connectivity index is 0.000000537. The zero-order valence-electron chi connectivity index (χ0n) is 78.8. The first-order chi connectivity index (χ1) is 63.4. The van der Waals surface area contributed by atoms with E-state index in [1.165, 1.54) is 36.4 Å². The quantitative estimate of drug-likeness (QED) is 0.0148. The van der Waals surface area contributed by atoms with Gasteiger partial charge in [0.05, 0.1) is 97.9 Å². The molecule has 8 bridgehead atoms. The summed E-state index contributed by atoms with van der Waals surface area (Å²) in [5.41, 5.74) is 10.6. The van der Waals surface area contributed by atoms with E-state index in [0.717, 1.165) is 24.5 Å². The van der Waals surface area contributed by atoms with Crippen LogP contribution in [0.4, 0.5) is 11.4 Å². The van der Waals surface area contributed by atoms with Crippen molar-refractivity contribution >= 4 is 127 Å². The molecular formula is C92H121Cl3Mn3N18O22. The van der Waals surface area contributed by atoms with Gasteiger partial charge in [-0.1, -0.05) is 0 Å². The fraction of sp³-hybridized carbons (Fsp3) is 0.500. The Hall–Kier alpha value is -9.63. The zero-order chi connectivity index (χ0) is 99.3. The number of benzene rings is 2. The summed E-state index contributed by atoms with van der Waals surface area (Å²) < 4.78 is 11.0. The smallest absolute Gasteiger partial charge is 0.320 e. The zero-order valence-corrected chi connectivity index (χ0v) is 84.6. The van der Waals surface area contributed by atoms with E-state index in [2.05, 4.69) is 10.2 Å². The van der Waals surface area contributed by atoms with Crippen LogP contribution in [0, 0.1) is 0 Å². The van der Waals surface area contributed by atoms with Crippen molar-refractivity contribution in [3.63, 3.8) is 0 Å². The third-order valence-electron chi connectivity index (χ3n) is 21.5. The first-order valence-corrected chi connectivity index (χ1v) is 44.9. The van der Waals surface area contributed by atoms with E-state index < -0.39 is 80.2 Å². The number of ketones is 2. The van der Waals surface area contributed by atoms with Crippen LogP contribution in [0.3, 0.4) is 0 Å². The topological polar surface area (TPSA) is 507 Å². The average Bonchev–Trinajstić information content (AvgIpc) is 0.798. The van der Waals surface area contributed by atoms with Gasteiger partial charge in [-0.25, -0.2) is 0 Å². The summed E-state index contributed by atoms with van der Waals surface area (Å²) in [5, 5.41) is 59.5. The number of rotatable bonds is 27. The molecule has 0 atom stereocenters. The average molecular weight is 2100 g/mol. The third kappa shape index (κ3) is 44.0. The molecule has 0 saturated carbocycles. The maximum atomic E-state index is 14.9. The van der Waals surface area contributed by atoms with Crippen molar-refractivity contribution < 1.29 is 158 Å². The van der Waals surface area contributed by atoms with Crippen LogP contribution in [0.1, 0.15) is 160 Å². The molecule has 0 aliphatic carbocycles. The number of hydrogen-bond donors (Lipinski definition) is 8. The number of aromatic nitrogens is 4. The monoisotopic (exact) mass is 2100 g/mol. The van der Waals surface area contributed by atoms with Gasteiger partial charge in [-0.2, -0.15) is 0 Å². The third-order valence-corrected chi connectivity index (χ3v) is 22.1. The van der Waals surface area contributed by atoms with E-state index in [1.54, 1.807) is 65.8 Å². The van der Waals surface area contributed by atoms with Gasteiger partial charge in [0.1, 0.15) is 11.2 Å². The second-order valence-electron chi connectivity index (χ2n) is 36.1. The Kier molecular flexibility index (Phi) is 48.8. The van der Waals surface area contributed by atoms with Crippen molar-refractivity contribution in [2.45, 2.75) is 118 Å². The van der Waals surface area contributed by atoms with E-state index >= 15 is 0 Å². The minimum absolute atomic E-state index is 0. The van der Waals surface area contributed by atoms with Crippen molar-refractivity contribution in [3.8, 4) is 0 Å². The molecule has 0 fully saturated rings. The molecule has 0 spiro atoms. The normalized spacial score (nSPS) is 16.4. The summed E-state index contributed by atoms with van der Waals surface area (Å²) >= 11 is 15.6. The number of nitrogens with one attached hydrogen (secondary N) is 1. The molecule has 0 saturated heterocycles. The van der Waals surface area contributed by atoms with E-state index in [1.807, 2.05) is 106 Å². The number of anilines is 2. The number of aliphatic carboxylic acids is 6. The van der Waals surface area contributed by atoms with Crippen LogP contribution in [0.5, 0.6) is 0 Å². The van der Waals surface area contributed by atoms with Crippen molar-refractivity contribution in [1.29, 1.82) is 0 Å². The van der Waals surface area contributed by atoms with Crippen LogP contribution in [0.15, 0.2) is 84.9 Å². The van der Waals surface area contributed by atoms with Gasteiger partial charge in [-0.3, -0.25) is 126 Å². The molecule has 10 rings (SSSR count). The van der Waals surface area contributed by atoms with E-state index in [9.17, 15) is 97.8 Å². The summed E-state index contributed by atoms with van der Waals surface area (Å²) in [6.45, 7) is 18.8. The van der Waals surface area contributed by atoms with Crippen molar-refractivity contribution in [3.05, 3.63) is 175 Å². The summed E-state index contributed by atoms with van der Waals surface area (Å²) in [7, 11) is 7.63. The van der Waals surface area contributed by atoms with Crippen LogP contribution < -0.4 is 11.1 Å². The molecule has 4 aliphatic rings. The maximum absolute atomic E-state index is 14.9. The first kappa shape index (κ1) is 119. The van der Waals surface area contributed by atoms with Gasteiger partial charge in [0.15, 0.2) is 11.6 Å². The van der Waals surface area contributed by atoms with E-state index in [-0.39, 0.29) is 207 Å². The van der Waals surface area contributed by atoms with Gasteiger partial charge in [0.25, 0.3) is 21.6 Å². The Bertz CT molecular complexity index is 4670. The van der Waals surface area contributed by atoms with Gasteiger partial charge in [0, 0.05) is 266 Å². The van der Waals surface area contributed by atoms with Gasteiger partial charge in [-0.15, -0.1) is 0 Å². The number of carboxylic acid groups (broad SMARTS) is 6. The number of carbonyl (C=O) groups excluding carboxylic acids is 8. The van der Waals surface area contributed by atoms with E-state index in [0.29, 0.717) is 156 Å². The number of nitrogen functional groups attached to an aromatic ring is 1. The van der Waals surface area contributed by atoms with Crippen molar-refractivity contribution in [2.24, 2.45) is 0 Å². The molecule has 4 aliphatic heterocycles. The van der Waals surface area contributed by atoms with Gasteiger partial charge >= 0.3 is 47.8 Å². The van der Waals surface area contributed by atoms with Crippen molar-refractivity contribution in [1.82, 2.24) is 78.7 Å². The Morgan fingerprint density at radius 2 is 0.514 bits per heavy atom. The van der Waals surface area contributed by atoms with Crippen LogP contribution >= 0.6 is 34.8 Å². The second-order valence-corrected chi connectivity index (χ2v) is 37.2. The molecule has 1 amide bonds. The predicted octanol–water partition coefficient (Wildman–Crippen LogP) is 4.84. The Morgan fingerprint density at radius 3 is 0.732 bits per heavy atom. The Morgan fingerprint density at radius 1 is 0.312 bits per heavy atom. The molecule has 4 aromatic heterocycles. The number of ether oxygens (including phenoxy) is 2. The molecule has 3 radical (unpaired) electrons. The number of nitrogens with zero attached hydrogens (tertiary/aromatic N) is 16. The van der Waals surface area contributed by atoms with Gasteiger partial charge in [0.2, 0.25) is 0 Å². The number of Topliss-reactive ketones (excluding diaryl/α,β-unsaturated/α-hetero) is 2. The first-order valence-electron chi connectivity index (χ1n) is 43.7. The molecule has 40 nitrogen and oxygen atoms in total. The number of amides is 1. The van der Waals surface area contributed by atoms with Crippen molar-refractivity contribution in [2.75, 3.05) is 196 Å². The predicted molar refractivity (Wildman–Crippen MR) is 499 cm³/mol. The summed E-state index contributed by atoms with van der Waals surface area (Å²) in [6.07, 6.45) is -0.609. The molecule has 2 aromatic carbocycles. The molecule has 0 unspecified atom stereocenters. The number of esters is 2. The number of pyridine rings is 4. The van der Waals surface area contributed by atoms with Gasteiger partial charge in [-0.05, 0) is 201 Å². The fourth-order valence-corrected chi connectivity index (χ4v) is 15.6. The summed E-state index contributed by atoms with van der Waals surface area (Å²) in [4.78, 5) is 216. The fourth-order valence-electron chi connectivity index (χ4n) is 15.3. The summed E-state index contributed by atoms with van der Waals surface area (Å²) in [5.74, 6) is -8.71. The van der Waals surface area contributed by atoms with Crippen LogP contribution in [0.2, 0.25) is 0 Å². The molecule has 753 valence electrons. The van der Waals surface area contributed by atoms with E-state index in [4.69, 9.17) is 69.9 Å². The molecule has 138 heavy (non-hydrogen) atoms. The standard InChI is InChI=1S/C59H77N13O15.C24H41N5O4.C9H3Cl3O3.3Mn/c1-64-4-10-67(33-53(75)76)27-45-16-39(17-46(60-45)28-68(11-5-64)34-54(77)78)20-51(73)41-22-42(52(74)21-40-18-47-29-69(35-55(79)80)12-6-65(2)7-13-70(36-56(81)82)30-48(19-40)61-47)24-43(23-41)59(87)63-44-25-49-31-71(37-57(83)84)14-8-66(3)9-15-72(38-58(85)86)32-50(26-44)62-49;1-23(2,3)32-21(30)16-28-10-8-27(7)9-11-29(17-22(31)33-24(4,5)6)15-20-13-18(25)12-19(14-28)26-20;10-7(13)4-1-5(8(11)14)3-6(2-4)9(12)15;;;/h16-19,22-26H,4-15,20-21,27-38H2,1-3H3,(H,75,76)(H,77,78)(H,79,80)(H,81,82)(H,83,84)(H,85,86)(H,62,63,87);12-13H,8-11,14-17H2,1-7H3,(H2,25,26);1-3H;;;. The molecule has 6 aromatic rings. The molecule has 46 heteroatoms.